The summed E-state index contributed by atoms with van der Waals surface area (Å²) in [7, 11) is 9.36. The summed E-state index contributed by atoms with van der Waals surface area (Å²) in [6.07, 6.45) is 0.527. The third-order valence-corrected chi connectivity index (χ3v) is 2.72. The van der Waals surface area contributed by atoms with E-state index in [9.17, 15) is 4.79 Å². The highest BCUT2D eigenvalue weighted by molar-refractivity contribution is 5.96. The average Bonchev–Trinajstić information content (AvgIpc) is 2.34. The molecule has 1 aromatic rings. The van der Waals surface area contributed by atoms with Crippen LogP contribution in [-0.4, -0.2) is 52.2 Å². The normalized spacial score (nSPS) is 11.2. The first-order valence-electron chi connectivity index (χ1n) is 5.93. The predicted molar refractivity (Wildman–Crippen MR) is 71.4 cm³/mol. The Morgan fingerprint density at radius 3 is 2.22 bits per heavy atom. The molecule has 0 bridgehead atoms. The van der Waals surface area contributed by atoms with Gasteiger partial charge in [0.1, 0.15) is 0 Å². The van der Waals surface area contributed by atoms with Crippen LogP contribution in [0.2, 0.25) is 0 Å². The third-order valence-electron chi connectivity index (χ3n) is 2.72. The molecule has 100 valence electrons. The first-order valence-corrected chi connectivity index (χ1v) is 5.93. The molecule has 0 N–H and O–H groups in total. The molecule has 0 heterocycles. The molecule has 1 rings (SSSR count). The summed E-state index contributed by atoms with van der Waals surface area (Å²) in [5.74, 6) is 1.36. The number of methoxy groups -OCH3 is 2. The fourth-order valence-corrected chi connectivity index (χ4v) is 1.59. The van der Waals surface area contributed by atoms with Gasteiger partial charge in [0.25, 0.3) is 0 Å². The summed E-state index contributed by atoms with van der Waals surface area (Å²) in [4.78, 5) is 12.1. The fourth-order valence-electron chi connectivity index (χ4n) is 1.59. The van der Waals surface area contributed by atoms with Crippen LogP contribution in [0.1, 0.15) is 16.8 Å². The first-order chi connectivity index (χ1) is 8.37. The Balaban J connectivity index is 2.80. The highest BCUT2D eigenvalue weighted by Gasteiger charge is 2.14. The zero-order chi connectivity index (χ0) is 13.8. The van der Waals surface area contributed by atoms with Gasteiger partial charge in [-0.3, -0.25) is 4.79 Å². The van der Waals surface area contributed by atoms with Gasteiger partial charge < -0.3 is 14.0 Å². The number of ketones is 1. The Labute approximate surface area is 109 Å². The van der Waals surface area contributed by atoms with E-state index in [1.807, 2.05) is 0 Å². The summed E-state index contributed by atoms with van der Waals surface area (Å²) in [5, 5.41) is 0. The van der Waals surface area contributed by atoms with Crippen molar-refractivity contribution in [1.29, 1.82) is 0 Å². The van der Waals surface area contributed by atoms with E-state index in [-0.39, 0.29) is 5.78 Å². The second-order valence-corrected chi connectivity index (χ2v) is 5.26. The van der Waals surface area contributed by atoms with Gasteiger partial charge in [-0.25, -0.2) is 0 Å². The minimum Gasteiger partial charge on any atom is -0.493 e. The second-order valence-electron chi connectivity index (χ2n) is 5.26. The number of rotatable bonds is 6. The maximum absolute atomic E-state index is 12.1. The van der Waals surface area contributed by atoms with Crippen LogP contribution in [0.3, 0.4) is 0 Å². The Kier molecular flexibility index (Phi) is 4.73. The molecule has 0 fully saturated rings. The molecule has 0 aliphatic carbocycles. The van der Waals surface area contributed by atoms with Crippen molar-refractivity contribution in [2.24, 2.45) is 0 Å². The summed E-state index contributed by atoms with van der Waals surface area (Å²) in [6.45, 7) is 0.813. The van der Waals surface area contributed by atoms with Crippen LogP contribution in [0, 0.1) is 0 Å². The van der Waals surface area contributed by atoms with Gasteiger partial charge >= 0.3 is 0 Å². The van der Waals surface area contributed by atoms with Crippen molar-refractivity contribution < 1.29 is 18.8 Å². The number of nitrogens with zero attached hydrogens (tertiary/aromatic N) is 1. The van der Waals surface area contributed by atoms with Crippen molar-refractivity contribution in [2.75, 3.05) is 41.9 Å². The zero-order valence-electron chi connectivity index (χ0n) is 11.8. The number of hydrogen-bond acceptors (Lipinski definition) is 3. The summed E-state index contributed by atoms with van der Waals surface area (Å²) >= 11 is 0. The van der Waals surface area contributed by atoms with Gasteiger partial charge in [0.15, 0.2) is 17.3 Å². The Bertz CT molecular complexity index is 422. The van der Waals surface area contributed by atoms with Gasteiger partial charge in [-0.1, -0.05) is 0 Å². The topological polar surface area (TPSA) is 35.5 Å². The standard InChI is InChI=1S/C14H22NO3/c1-15(2,3)9-8-12(16)11-6-7-13(17-4)14(10-11)18-5/h6-7,10H,8-9H2,1-5H3/q+1. The molecule has 0 amide bonds. The molecule has 1 aromatic carbocycles. The lowest BCUT2D eigenvalue weighted by Gasteiger charge is -2.23. The number of carbonyl (C=O) groups is 1. The first kappa shape index (κ1) is 14.5. The lowest BCUT2D eigenvalue weighted by atomic mass is 10.1. The number of Topliss-reactive ketones (excluding diaryl/α,β-unsaturated/α-hetero) is 1. The van der Waals surface area contributed by atoms with E-state index < -0.39 is 0 Å². The Morgan fingerprint density at radius 2 is 1.72 bits per heavy atom. The molecule has 0 atom stereocenters. The molecular formula is C14H22NO3+. The highest BCUT2D eigenvalue weighted by atomic mass is 16.5. The highest BCUT2D eigenvalue weighted by Crippen LogP contribution is 2.27. The van der Waals surface area contributed by atoms with Gasteiger partial charge in [-0.15, -0.1) is 0 Å². The largest absolute Gasteiger partial charge is 0.493 e. The van der Waals surface area contributed by atoms with E-state index in [1.54, 1.807) is 32.4 Å². The molecular weight excluding hydrogens is 230 g/mol. The van der Waals surface area contributed by atoms with Gasteiger partial charge in [0, 0.05) is 5.56 Å². The number of hydrogen-bond donors (Lipinski definition) is 0. The van der Waals surface area contributed by atoms with E-state index in [0.717, 1.165) is 11.0 Å². The van der Waals surface area contributed by atoms with Crippen LogP contribution in [0.5, 0.6) is 11.5 Å². The molecule has 0 aromatic heterocycles. The minimum absolute atomic E-state index is 0.129. The number of ether oxygens (including phenoxy) is 2. The van der Waals surface area contributed by atoms with Crippen molar-refractivity contribution in [3.63, 3.8) is 0 Å². The quantitative estimate of drug-likeness (QED) is 0.573. The average molecular weight is 252 g/mol. The van der Waals surface area contributed by atoms with Crippen molar-refractivity contribution in [1.82, 2.24) is 0 Å². The van der Waals surface area contributed by atoms with Crippen molar-refractivity contribution >= 4 is 5.78 Å². The van der Waals surface area contributed by atoms with Gasteiger partial charge in [-0.2, -0.15) is 0 Å². The Hall–Kier alpha value is -1.55. The molecule has 0 saturated carbocycles. The lowest BCUT2D eigenvalue weighted by molar-refractivity contribution is -0.869. The smallest absolute Gasteiger partial charge is 0.168 e. The SMILES string of the molecule is COc1ccc(C(=O)CC[N+](C)(C)C)cc1OC. The molecule has 0 spiro atoms. The van der Waals surface area contributed by atoms with E-state index in [1.165, 1.54) is 0 Å². The number of carbonyl (C=O) groups excluding carboxylic acids is 1. The molecule has 4 heteroatoms. The monoisotopic (exact) mass is 252 g/mol. The van der Waals surface area contributed by atoms with Crippen LogP contribution >= 0.6 is 0 Å². The van der Waals surface area contributed by atoms with Crippen molar-refractivity contribution in [3.05, 3.63) is 23.8 Å². The van der Waals surface area contributed by atoms with E-state index in [4.69, 9.17) is 9.47 Å². The molecule has 0 aliphatic rings. The lowest BCUT2D eigenvalue weighted by Crippen LogP contribution is -2.36. The molecule has 18 heavy (non-hydrogen) atoms. The van der Waals surface area contributed by atoms with Crippen LogP contribution in [0.25, 0.3) is 0 Å². The van der Waals surface area contributed by atoms with E-state index in [2.05, 4.69) is 21.1 Å². The van der Waals surface area contributed by atoms with Crippen molar-refractivity contribution in [2.45, 2.75) is 6.42 Å². The van der Waals surface area contributed by atoms with E-state index >= 15 is 0 Å². The molecule has 0 aliphatic heterocycles. The maximum atomic E-state index is 12.1. The number of quaternary nitrogens is 1. The summed E-state index contributed by atoms with van der Waals surface area (Å²) < 4.78 is 11.1. The second kappa shape index (κ2) is 5.87. The predicted octanol–water partition coefficient (Wildman–Crippen LogP) is 1.98. The van der Waals surface area contributed by atoms with E-state index in [0.29, 0.717) is 23.5 Å². The van der Waals surface area contributed by atoms with Crippen LogP contribution < -0.4 is 9.47 Å². The minimum atomic E-state index is 0.129. The zero-order valence-corrected chi connectivity index (χ0v) is 11.8. The van der Waals surface area contributed by atoms with Crippen LogP contribution in [-0.2, 0) is 0 Å². The van der Waals surface area contributed by atoms with Gasteiger partial charge in [-0.05, 0) is 18.2 Å². The summed E-state index contributed by atoms with van der Waals surface area (Å²) in [5.41, 5.74) is 0.668. The van der Waals surface area contributed by atoms with Crippen LogP contribution in [0.15, 0.2) is 18.2 Å². The molecule has 0 saturated heterocycles. The third kappa shape index (κ3) is 4.04. The summed E-state index contributed by atoms with van der Waals surface area (Å²) in [6, 6.07) is 5.27. The fraction of sp³-hybridized carbons (Fsp3) is 0.500. The van der Waals surface area contributed by atoms with Crippen molar-refractivity contribution in [3.8, 4) is 11.5 Å². The van der Waals surface area contributed by atoms with Gasteiger partial charge in [0.05, 0.1) is 48.3 Å². The van der Waals surface area contributed by atoms with Gasteiger partial charge in [0.2, 0.25) is 0 Å². The Morgan fingerprint density at radius 1 is 1.11 bits per heavy atom. The molecule has 0 radical (unpaired) electrons. The maximum Gasteiger partial charge on any atom is 0.168 e. The molecule has 0 unspecified atom stereocenters. The number of benzene rings is 1. The molecule has 4 nitrogen and oxygen atoms in total. The van der Waals surface area contributed by atoms with Crippen LogP contribution in [0.4, 0.5) is 0 Å².